The van der Waals surface area contributed by atoms with Gasteiger partial charge in [0, 0.05) is 38.5 Å². The second-order valence-electron chi connectivity index (χ2n) is 16.6. The van der Waals surface area contributed by atoms with Crippen molar-refractivity contribution in [2.45, 2.75) is 26.8 Å². The van der Waals surface area contributed by atoms with Crippen LogP contribution in [0.15, 0.2) is 48.5 Å². The Balaban J connectivity index is 1.41. The molecule has 0 aliphatic carbocycles. The zero-order chi connectivity index (χ0) is 54.6. The molecule has 0 unspecified atom stereocenters. The van der Waals surface area contributed by atoms with E-state index in [1.165, 1.54) is 7.11 Å². The van der Waals surface area contributed by atoms with E-state index in [0.29, 0.717) is 182 Å². The van der Waals surface area contributed by atoms with Gasteiger partial charge in [0.1, 0.15) is 30.5 Å². The smallest absolute Gasteiger partial charge is 0.345 e. The van der Waals surface area contributed by atoms with E-state index in [1.54, 1.807) is 76.6 Å². The molecule has 0 N–H and O–H groups in total. The third-order valence-corrected chi connectivity index (χ3v) is 11.7. The number of nitrogens with zero attached hydrogens (tertiary/aromatic N) is 1. The molecule has 0 radical (unpaired) electrons. The van der Waals surface area contributed by atoms with Gasteiger partial charge in [0.2, 0.25) is 11.0 Å². The monoisotopic (exact) mass is 1100 g/mol. The highest BCUT2D eigenvalue weighted by atomic mass is 32.2. The summed E-state index contributed by atoms with van der Waals surface area (Å²) in [7, 11) is 0.000335. The minimum Gasteiger partial charge on any atom is -0.748 e. The highest BCUT2D eigenvalue weighted by Gasteiger charge is 2.28. The van der Waals surface area contributed by atoms with Gasteiger partial charge in [-0.1, -0.05) is 0 Å². The van der Waals surface area contributed by atoms with Crippen LogP contribution in [0, 0.1) is 13.8 Å². The fourth-order valence-electron chi connectivity index (χ4n) is 7.39. The molecule has 0 bridgehead atoms. The second kappa shape index (κ2) is 38.0. The largest absolute Gasteiger partial charge is 0.748 e. The lowest BCUT2D eigenvalue weighted by atomic mass is 10.0. The van der Waals surface area contributed by atoms with Crippen LogP contribution in [0.1, 0.15) is 38.3 Å². The molecule has 0 saturated carbocycles. The average molecular weight is 1100 g/mol. The molecule has 0 atom stereocenters. The van der Waals surface area contributed by atoms with Crippen LogP contribution in [0.5, 0.6) is 17.2 Å². The Hall–Kier alpha value is -4.70. The molecule has 4 rings (SSSR count). The van der Waals surface area contributed by atoms with Gasteiger partial charge in [-0.3, -0.25) is 0 Å². The Morgan fingerprint density at radius 2 is 0.816 bits per heavy atom. The number of aromatic nitrogens is 1. The first-order valence-electron chi connectivity index (χ1n) is 25.3. The van der Waals surface area contributed by atoms with E-state index in [-0.39, 0.29) is 50.7 Å². The van der Waals surface area contributed by atoms with Crippen LogP contribution in [0.4, 0.5) is 0 Å². The number of hydrogen-bond donors (Lipinski definition) is 0. The number of esters is 2. The highest BCUT2D eigenvalue weighted by Crippen LogP contribution is 2.33. The molecule has 426 valence electrons. The first-order chi connectivity index (χ1) is 37.0. The highest BCUT2D eigenvalue weighted by molar-refractivity contribution is 7.85. The number of methoxy groups -OCH3 is 3. The van der Waals surface area contributed by atoms with Crippen LogP contribution < -0.4 is 18.8 Å². The van der Waals surface area contributed by atoms with Crippen LogP contribution in [-0.4, -0.2) is 211 Å². The third kappa shape index (κ3) is 24.7. The normalized spacial score (nSPS) is 11.7. The lowest BCUT2D eigenvalue weighted by Crippen LogP contribution is -2.37. The van der Waals surface area contributed by atoms with Gasteiger partial charge in [-0.2, -0.15) is 4.57 Å². The van der Waals surface area contributed by atoms with E-state index in [1.807, 2.05) is 4.57 Å². The van der Waals surface area contributed by atoms with E-state index in [9.17, 15) is 22.6 Å². The Morgan fingerprint density at radius 1 is 0.474 bits per heavy atom. The number of carbonyl (C=O) groups excluding carboxylic acids is 2. The number of fused-ring (bicyclic) bond motifs is 2. The summed E-state index contributed by atoms with van der Waals surface area (Å²) in [5.74, 6) is -0.794. The van der Waals surface area contributed by atoms with Crippen LogP contribution in [-0.2, 0) is 78.2 Å². The summed E-state index contributed by atoms with van der Waals surface area (Å²) in [5.41, 5.74) is 2.58. The van der Waals surface area contributed by atoms with Crippen molar-refractivity contribution in [3.63, 3.8) is 0 Å². The molecule has 1 aromatic heterocycles. The zero-order valence-corrected chi connectivity index (χ0v) is 45.5. The van der Waals surface area contributed by atoms with E-state index < -0.39 is 27.8 Å². The number of ether oxygens (including phenoxy) is 16. The first-order valence-corrected chi connectivity index (χ1v) is 26.8. The van der Waals surface area contributed by atoms with Gasteiger partial charge < -0.3 is 80.3 Å². The molecule has 0 saturated heterocycles. The van der Waals surface area contributed by atoms with E-state index >= 15 is 0 Å². The fraction of sp³-hybridized carbons (Fsp3) is 0.604. The molecular formula is C53H77NO21S. The van der Waals surface area contributed by atoms with Crippen LogP contribution in [0.25, 0.3) is 21.8 Å². The van der Waals surface area contributed by atoms with E-state index in [4.69, 9.17) is 75.8 Å². The van der Waals surface area contributed by atoms with Gasteiger partial charge in [0.05, 0.1) is 184 Å². The van der Waals surface area contributed by atoms with Gasteiger partial charge >= 0.3 is 11.9 Å². The Bertz CT molecular complexity index is 2280. The molecule has 23 heteroatoms. The standard InChI is InChI=1S/C53H77NO21S/c1-41-37-43(52(55)62-5)38-42(2)51(41)75-53(56)50-46-39-44(73-34-32-71-30-28-69-26-24-67-22-20-65-18-16-63-14-12-60-3)7-9-48(46)54(11-6-36-76(57,58)59)49-10-8-45(40-47(49)50)74-35-33-72-31-29-70-27-25-68-23-21-66-19-17-64-15-13-61-4/h7-10,37-40H,6,11-36H2,1-5H3. The maximum absolute atomic E-state index is 14.7. The van der Waals surface area contributed by atoms with Crippen molar-refractivity contribution in [2.24, 2.45) is 0 Å². The van der Waals surface area contributed by atoms with Gasteiger partial charge in [-0.25, -0.2) is 18.0 Å². The minimum absolute atomic E-state index is 0.00294. The van der Waals surface area contributed by atoms with Crippen molar-refractivity contribution < 1.29 is 103 Å². The summed E-state index contributed by atoms with van der Waals surface area (Å²) in [5, 5.41) is 0.825. The molecule has 0 fully saturated rings. The van der Waals surface area contributed by atoms with Crippen molar-refractivity contribution in [2.75, 3.05) is 186 Å². The Kier molecular flexibility index (Phi) is 31.9. The van der Waals surface area contributed by atoms with Crippen molar-refractivity contribution in [1.82, 2.24) is 0 Å². The second-order valence-corrected chi connectivity index (χ2v) is 18.2. The molecule has 76 heavy (non-hydrogen) atoms. The number of carbonyl (C=O) groups is 2. The number of rotatable bonds is 45. The summed E-state index contributed by atoms with van der Waals surface area (Å²) in [4.78, 5) is 27.2. The molecule has 22 nitrogen and oxygen atoms in total. The predicted octanol–water partition coefficient (Wildman–Crippen LogP) is 4.05. The number of pyridine rings is 1. The van der Waals surface area contributed by atoms with Crippen molar-refractivity contribution in [3.8, 4) is 17.2 Å². The summed E-state index contributed by atoms with van der Waals surface area (Å²) in [6.07, 6.45) is -0.00294. The summed E-state index contributed by atoms with van der Waals surface area (Å²) in [6.45, 7) is 13.2. The predicted molar refractivity (Wildman–Crippen MR) is 276 cm³/mol. The molecule has 3 aromatic carbocycles. The summed E-state index contributed by atoms with van der Waals surface area (Å²) in [6, 6.07) is 13.5. The number of hydrogen-bond acceptors (Lipinski definition) is 21. The van der Waals surface area contributed by atoms with Crippen LogP contribution in [0.2, 0.25) is 0 Å². The molecule has 0 amide bonds. The molecular weight excluding hydrogens is 1020 g/mol. The van der Waals surface area contributed by atoms with E-state index in [2.05, 4.69) is 0 Å². The molecule has 4 aromatic rings. The summed E-state index contributed by atoms with van der Waals surface area (Å²) >= 11 is 0. The maximum atomic E-state index is 14.7. The van der Waals surface area contributed by atoms with Gasteiger partial charge in [-0.05, 0) is 61.4 Å². The van der Waals surface area contributed by atoms with Gasteiger partial charge in [0.25, 0.3) is 0 Å². The third-order valence-electron chi connectivity index (χ3n) is 10.9. The number of aryl methyl sites for hydroxylation is 3. The molecule has 0 spiro atoms. The maximum Gasteiger partial charge on any atom is 0.345 e. The van der Waals surface area contributed by atoms with E-state index in [0.717, 1.165) is 0 Å². The van der Waals surface area contributed by atoms with Gasteiger partial charge in [-0.15, -0.1) is 0 Å². The SMILES string of the molecule is COCCOCCOCCOCCOCCOCCOc1ccc2c(c1)c(C(=O)Oc1c(C)cc(C(=O)OC)cc1C)c1cc(OCCOCCOCCOCCOCCOCCOC)ccc1[n+]2CCCS(=O)(=O)[O-]. The Morgan fingerprint density at radius 3 is 1.14 bits per heavy atom. The summed E-state index contributed by atoms with van der Waals surface area (Å²) < 4.78 is 126. The first kappa shape index (κ1) is 63.8. The van der Waals surface area contributed by atoms with Crippen molar-refractivity contribution in [3.05, 3.63) is 70.8 Å². The number of benzene rings is 3. The molecule has 0 aliphatic rings. The topological polar surface area (TPSA) is 243 Å². The molecule has 1 heterocycles. The van der Waals surface area contributed by atoms with Crippen molar-refractivity contribution in [1.29, 1.82) is 0 Å². The molecule has 0 aliphatic heterocycles. The van der Waals surface area contributed by atoms with Crippen LogP contribution in [0.3, 0.4) is 0 Å². The fourth-order valence-corrected chi connectivity index (χ4v) is 7.87. The quantitative estimate of drug-likeness (QED) is 0.0151. The van der Waals surface area contributed by atoms with Gasteiger partial charge in [0.15, 0.2) is 6.54 Å². The van der Waals surface area contributed by atoms with Crippen LogP contribution >= 0.6 is 0 Å². The minimum atomic E-state index is -4.53. The Labute approximate surface area is 445 Å². The van der Waals surface area contributed by atoms with Crippen molar-refractivity contribution >= 4 is 43.9 Å². The zero-order valence-electron chi connectivity index (χ0n) is 44.6. The average Bonchev–Trinajstić information content (AvgIpc) is 3.43. The lowest BCUT2D eigenvalue weighted by Gasteiger charge is -2.16. The lowest BCUT2D eigenvalue weighted by molar-refractivity contribution is -0.645.